The number of rotatable bonds is 8. The topological polar surface area (TPSA) is 156 Å². The second kappa shape index (κ2) is 11.2. The molecule has 0 bridgehead atoms. The summed E-state index contributed by atoms with van der Waals surface area (Å²) in [7, 11) is -1.36. The molecule has 0 aliphatic carbocycles. The molecule has 11 nitrogen and oxygen atoms in total. The van der Waals surface area contributed by atoms with Crippen LogP contribution < -0.4 is 35.1 Å². The number of benzene rings is 1. The van der Waals surface area contributed by atoms with Crippen molar-refractivity contribution in [3.05, 3.63) is 55.6 Å². The van der Waals surface area contributed by atoms with Crippen LogP contribution in [0.25, 0.3) is 5.69 Å². The van der Waals surface area contributed by atoms with Gasteiger partial charge in [0.2, 0.25) is 0 Å². The van der Waals surface area contributed by atoms with Crippen LogP contribution in [0.5, 0.6) is 0 Å². The molecule has 0 saturated carbocycles. The summed E-state index contributed by atoms with van der Waals surface area (Å²) >= 11 is 1.07. The van der Waals surface area contributed by atoms with Gasteiger partial charge in [-0.05, 0) is 12.1 Å². The quantitative estimate of drug-likeness (QED) is 0.145. The molecule has 2 aromatic rings. The van der Waals surface area contributed by atoms with Crippen LogP contribution in [0.2, 0.25) is 0 Å². The molecule has 176 valence electrons. The van der Waals surface area contributed by atoms with E-state index in [-0.39, 0.29) is 63.6 Å². The van der Waals surface area contributed by atoms with E-state index in [0.29, 0.717) is 0 Å². The van der Waals surface area contributed by atoms with E-state index in [9.17, 15) is 32.7 Å². The summed E-state index contributed by atoms with van der Waals surface area (Å²) in [5, 5.41) is 11.7. The van der Waals surface area contributed by atoms with E-state index >= 15 is 0 Å². The van der Waals surface area contributed by atoms with Crippen molar-refractivity contribution in [1.29, 1.82) is 0 Å². The zero-order valence-electron chi connectivity index (χ0n) is 19.3. The molecule has 1 aromatic heterocycles. The molecule has 2 rings (SSSR count). The van der Waals surface area contributed by atoms with Gasteiger partial charge < -0.3 is 14.0 Å². The molecular weight excluding hydrogens is 485 g/mol. The monoisotopic (exact) mass is 509 g/mol. The standard InChI is InChI=1S/C19H25N3O8S2.Na/c1-19(2,3)16-13(11-31-8-9-32(27,28)29)18(24)21(30-16)14-7-6-12(17(23)20(4)5)10-15(14)22(25)26;/h6-7,10H,8-9,11H2,1-5H3,(H,27,28,29);/q;+1/p-1. The van der Waals surface area contributed by atoms with Crippen LogP contribution in [-0.4, -0.2) is 59.0 Å². The molecule has 0 aliphatic heterocycles. The van der Waals surface area contributed by atoms with Gasteiger partial charge in [0.05, 0.1) is 20.6 Å². The number of hydrogen-bond donors (Lipinski definition) is 0. The fourth-order valence-electron chi connectivity index (χ4n) is 2.85. The zero-order valence-corrected chi connectivity index (χ0v) is 22.9. The molecule has 0 atom stereocenters. The summed E-state index contributed by atoms with van der Waals surface area (Å²) in [5.74, 6) is -0.694. The number of amides is 1. The van der Waals surface area contributed by atoms with Crippen LogP contribution in [0.4, 0.5) is 5.69 Å². The summed E-state index contributed by atoms with van der Waals surface area (Å²) in [6.07, 6.45) is 0. The minimum Gasteiger partial charge on any atom is -0.748 e. The number of nitro benzene ring substituents is 1. The van der Waals surface area contributed by atoms with Crippen molar-refractivity contribution in [2.75, 3.05) is 25.6 Å². The first kappa shape index (κ1) is 29.4. The van der Waals surface area contributed by atoms with Crippen molar-refractivity contribution >= 4 is 33.5 Å². The van der Waals surface area contributed by atoms with E-state index in [4.69, 9.17) is 4.52 Å². The van der Waals surface area contributed by atoms with Gasteiger partial charge in [-0.1, -0.05) is 20.8 Å². The first-order valence-electron chi connectivity index (χ1n) is 9.41. The summed E-state index contributed by atoms with van der Waals surface area (Å²) < 4.78 is 39.0. The van der Waals surface area contributed by atoms with Crippen molar-refractivity contribution in [3.8, 4) is 5.69 Å². The number of hydrogen-bond acceptors (Lipinski definition) is 9. The van der Waals surface area contributed by atoms with E-state index in [1.807, 2.05) is 0 Å². The smallest absolute Gasteiger partial charge is 0.748 e. The Morgan fingerprint density at radius 3 is 2.36 bits per heavy atom. The molecule has 1 aromatic carbocycles. The number of carbonyl (C=O) groups is 1. The molecule has 0 saturated heterocycles. The second-order valence-electron chi connectivity index (χ2n) is 8.22. The Hall–Kier alpha value is -1.64. The summed E-state index contributed by atoms with van der Waals surface area (Å²) in [4.78, 5) is 37.5. The van der Waals surface area contributed by atoms with Crippen LogP contribution >= 0.6 is 11.8 Å². The Morgan fingerprint density at radius 1 is 1.27 bits per heavy atom. The molecule has 14 heteroatoms. The molecule has 0 aliphatic rings. The van der Waals surface area contributed by atoms with Crippen molar-refractivity contribution in [1.82, 2.24) is 9.64 Å². The third kappa shape index (κ3) is 7.42. The number of thioether (sulfide) groups is 1. The maximum Gasteiger partial charge on any atom is 1.00 e. The third-order valence-corrected chi connectivity index (χ3v) is 6.30. The molecule has 0 N–H and O–H groups in total. The Morgan fingerprint density at radius 2 is 1.88 bits per heavy atom. The summed E-state index contributed by atoms with van der Waals surface area (Å²) in [6, 6.07) is 3.72. The predicted molar refractivity (Wildman–Crippen MR) is 118 cm³/mol. The summed E-state index contributed by atoms with van der Waals surface area (Å²) in [6.45, 7) is 5.37. The first-order valence-corrected chi connectivity index (χ1v) is 12.1. The molecule has 0 spiro atoms. The predicted octanol–water partition coefficient (Wildman–Crippen LogP) is -0.880. The minimum atomic E-state index is -4.38. The normalized spacial score (nSPS) is 11.7. The molecule has 1 heterocycles. The number of carbonyl (C=O) groups excluding carboxylic acids is 1. The Bertz CT molecular complexity index is 1200. The van der Waals surface area contributed by atoms with Crippen molar-refractivity contribution in [2.24, 2.45) is 0 Å². The molecular formula is C19H24N3NaO8S2. The average molecular weight is 510 g/mol. The van der Waals surface area contributed by atoms with E-state index in [2.05, 4.69) is 0 Å². The number of aromatic nitrogens is 1. The van der Waals surface area contributed by atoms with Gasteiger partial charge >= 0.3 is 29.6 Å². The SMILES string of the molecule is CN(C)C(=O)c1ccc(-n2oc(C(C)(C)C)c(CSCCS(=O)(=O)[O-])c2=O)c([N+](=O)[O-])c1.[Na+]. The fraction of sp³-hybridized carbons (Fsp3) is 0.474. The van der Waals surface area contributed by atoms with Crippen LogP contribution in [0.15, 0.2) is 27.5 Å². The molecule has 0 unspecified atom stereocenters. The second-order valence-corrected chi connectivity index (χ2v) is 10.9. The van der Waals surface area contributed by atoms with Crippen LogP contribution in [-0.2, 0) is 21.3 Å². The molecule has 0 radical (unpaired) electrons. The number of nitro groups is 1. The van der Waals surface area contributed by atoms with Gasteiger partial charge in [-0.15, -0.1) is 4.74 Å². The maximum atomic E-state index is 13.1. The summed E-state index contributed by atoms with van der Waals surface area (Å²) in [5.41, 5.74) is -1.60. The van der Waals surface area contributed by atoms with Gasteiger partial charge in [0.1, 0.15) is 5.76 Å². The molecule has 33 heavy (non-hydrogen) atoms. The zero-order chi connectivity index (χ0) is 24.4. The van der Waals surface area contributed by atoms with Crippen molar-refractivity contribution in [3.63, 3.8) is 0 Å². The van der Waals surface area contributed by atoms with E-state index < -0.39 is 43.4 Å². The van der Waals surface area contributed by atoms with Gasteiger partial charge in [0.15, 0.2) is 5.69 Å². The van der Waals surface area contributed by atoms with E-state index in [1.54, 1.807) is 20.8 Å². The maximum absolute atomic E-state index is 13.1. The van der Waals surface area contributed by atoms with Gasteiger partial charge in [0, 0.05) is 48.4 Å². The van der Waals surface area contributed by atoms with Gasteiger partial charge in [-0.25, -0.2) is 8.42 Å². The first-order chi connectivity index (χ1) is 14.6. The van der Waals surface area contributed by atoms with Crippen LogP contribution in [0.1, 0.15) is 42.5 Å². The Kier molecular flexibility index (Phi) is 9.97. The van der Waals surface area contributed by atoms with Crippen LogP contribution in [0.3, 0.4) is 0 Å². The van der Waals surface area contributed by atoms with Gasteiger partial charge in [-0.3, -0.25) is 19.7 Å². The average Bonchev–Trinajstić information content (AvgIpc) is 3.00. The van der Waals surface area contributed by atoms with Gasteiger partial charge in [-0.2, -0.15) is 11.8 Å². The Balaban J connectivity index is 0.00000544. The Labute approximate surface area is 217 Å². The number of nitrogens with zero attached hydrogens (tertiary/aromatic N) is 3. The molecule has 1 amide bonds. The van der Waals surface area contributed by atoms with E-state index in [1.165, 1.54) is 31.1 Å². The molecule has 0 fully saturated rings. The largest absolute Gasteiger partial charge is 1.00 e. The van der Waals surface area contributed by atoms with Crippen LogP contribution in [0, 0.1) is 10.1 Å². The van der Waals surface area contributed by atoms with Gasteiger partial charge in [0.25, 0.3) is 17.2 Å². The van der Waals surface area contributed by atoms with E-state index in [0.717, 1.165) is 22.6 Å². The minimum absolute atomic E-state index is 0. The fourth-order valence-corrected chi connectivity index (χ4v) is 4.74. The third-order valence-electron chi connectivity index (χ3n) is 4.35. The van der Waals surface area contributed by atoms with Crippen molar-refractivity contribution < 1.29 is 56.8 Å². The van der Waals surface area contributed by atoms with Crippen molar-refractivity contribution in [2.45, 2.75) is 31.9 Å².